The summed E-state index contributed by atoms with van der Waals surface area (Å²) in [5.41, 5.74) is 2.03. The lowest BCUT2D eigenvalue weighted by atomic mass is 9.98. The van der Waals surface area contributed by atoms with Crippen LogP contribution in [0.2, 0.25) is 0 Å². The predicted octanol–water partition coefficient (Wildman–Crippen LogP) is 2.53. The van der Waals surface area contributed by atoms with Gasteiger partial charge in [0.1, 0.15) is 5.75 Å². The van der Waals surface area contributed by atoms with Gasteiger partial charge in [-0.05, 0) is 30.0 Å². The van der Waals surface area contributed by atoms with Crippen LogP contribution in [0.25, 0.3) is 0 Å². The lowest BCUT2D eigenvalue weighted by Gasteiger charge is -2.19. The molecular weight excluding hydrogens is 190 g/mol. The van der Waals surface area contributed by atoms with Crippen molar-refractivity contribution in [1.82, 2.24) is 0 Å². The summed E-state index contributed by atoms with van der Waals surface area (Å²) in [5, 5.41) is 2.82. The van der Waals surface area contributed by atoms with E-state index in [9.17, 15) is 4.79 Å². The summed E-state index contributed by atoms with van der Waals surface area (Å²) in [7, 11) is 0. The van der Waals surface area contributed by atoms with Crippen LogP contribution < -0.4 is 10.1 Å². The Morgan fingerprint density at radius 2 is 2.33 bits per heavy atom. The van der Waals surface area contributed by atoms with Crippen molar-refractivity contribution >= 4 is 11.6 Å². The largest absolute Gasteiger partial charge is 0.482 e. The number of carbonyl (C=O) groups excluding carboxylic acids is 1. The summed E-state index contributed by atoms with van der Waals surface area (Å²) in [6.07, 6.45) is 1.09. The molecule has 0 fully saturated rings. The normalized spacial score (nSPS) is 16.3. The summed E-state index contributed by atoms with van der Waals surface area (Å²) in [4.78, 5) is 11.1. The monoisotopic (exact) mass is 205 g/mol. The summed E-state index contributed by atoms with van der Waals surface area (Å²) < 4.78 is 5.29. The molecule has 1 aromatic rings. The SMILES string of the molecule is CC[C@@H](C)c1ccc2c(c1)NC(=O)CO2. The van der Waals surface area contributed by atoms with Crippen LogP contribution in [-0.2, 0) is 4.79 Å². The number of benzene rings is 1. The topological polar surface area (TPSA) is 38.3 Å². The zero-order valence-corrected chi connectivity index (χ0v) is 9.04. The molecular formula is C12H15NO2. The molecule has 2 rings (SSSR count). The Hall–Kier alpha value is -1.51. The number of nitrogens with one attached hydrogen (secondary N) is 1. The molecule has 3 heteroatoms. The molecule has 1 amide bonds. The van der Waals surface area contributed by atoms with Gasteiger partial charge >= 0.3 is 0 Å². The Kier molecular flexibility index (Phi) is 2.62. The Bertz CT molecular complexity index is 387. The zero-order chi connectivity index (χ0) is 10.8. The summed E-state index contributed by atoms with van der Waals surface area (Å²) >= 11 is 0. The second-order valence-electron chi connectivity index (χ2n) is 3.90. The molecule has 0 saturated heterocycles. The molecule has 1 N–H and O–H groups in total. The highest BCUT2D eigenvalue weighted by atomic mass is 16.5. The first-order valence-corrected chi connectivity index (χ1v) is 5.27. The summed E-state index contributed by atoms with van der Waals surface area (Å²) in [6, 6.07) is 5.99. The van der Waals surface area contributed by atoms with E-state index < -0.39 is 0 Å². The molecule has 80 valence electrons. The average Bonchev–Trinajstić information content (AvgIpc) is 2.27. The van der Waals surface area contributed by atoms with Crippen molar-refractivity contribution in [2.45, 2.75) is 26.2 Å². The van der Waals surface area contributed by atoms with Gasteiger partial charge in [-0.3, -0.25) is 4.79 Å². The number of anilines is 1. The first-order chi connectivity index (χ1) is 7.20. The van der Waals surface area contributed by atoms with Gasteiger partial charge < -0.3 is 10.1 Å². The molecule has 0 unspecified atom stereocenters. The van der Waals surface area contributed by atoms with Crippen LogP contribution in [-0.4, -0.2) is 12.5 Å². The van der Waals surface area contributed by atoms with Crippen LogP contribution in [0.5, 0.6) is 5.75 Å². The fourth-order valence-electron chi connectivity index (χ4n) is 1.64. The molecule has 1 atom stereocenters. The molecule has 0 radical (unpaired) electrons. The van der Waals surface area contributed by atoms with E-state index in [4.69, 9.17) is 4.74 Å². The van der Waals surface area contributed by atoms with E-state index in [1.54, 1.807) is 0 Å². The first kappa shape index (κ1) is 10.0. The highest BCUT2D eigenvalue weighted by Crippen LogP contribution is 2.31. The predicted molar refractivity (Wildman–Crippen MR) is 59.3 cm³/mol. The Morgan fingerprint density at radius 3 is 3.07 bits per heavy atom. The van der Waals surface area contributed by atoms with Gasteiger partial charge in [0.15, 0.2) is 6.61 Å². The first-order valence-electron chi connectivity index (χ1n) is 5.27. The van der Waals surface area contributed by atoms with Gasteiger partial charge in [0.2, 0.25) is 0 Å². The molecule has 0 aliphatic carbocycles. The molecule has 1 aliphatic heterocycles. The smallest absolute Gasteiger partial charge is 0.262 e. The lowest BCUT2D eigenvalue weighted by molar-refractivity contribution is -0.118. The van der Waals surface area contributed by atoms with Crippen molar-refractivity contribution in [3.8, 4) is 5.75 Å². The fraction of sp³-hybridized carbons (Fsp3) is 0.417. The van der Waals surface area contributed by atoms with Gasteiger partial charge in [-0.1, -0.05) is 19.9 Å². The standard InChI is InChI=1S/C12H15NO2/c1-3-8(2)9-4-5-11-10(6-9)13-12(14)7-15-11/h4-6,8H,3,7H2,1-2H3,(H,13,14)/t8-/m1/s1. The minimum absolute atomic E-state index is 0.0798. The van der Waals surface area contributed by atoms with E-state index in [0.29, 0.717) is 5.92 Å². The second kappa shape index (κ2) is 3.93. The highest BCUT2D eigenvalue weighted by molar-refractivity contribution is 5.95. The maximum atomic E-state index is 11.1. The van der Waals surface area contributed by atoms with E-state index in [2.05, 4.69) is 25.2 Å². The molecule has 0 spiro atoms. The average molecular weight is 205 g/mol. The van der Waals surface area contributed by atoms with Crippen molar-refractivity contribution < 1.29 is 9.53 Å². The van der Waals surface area contributed by atoms with E-state index in [1.807, 2.05) is 12.1 Å². The number of ether oxygens (including phenoxy) is 1. The van der Waals surface area contributed by atoms with Gasteiger partial charge in [-0.25, -0.2) is 0 Å². The van der Waals surface area contributed by atoms with Crippen molar-refractivity contribution in [3.63, 3.8) is 0 Å². The van der Waals surface area contributed by atoms with E-state index in [0.717, 1.165) is 17.9 Å². The quantitative estimate of drug-likeness (QED) is 0.805. The van der Waals surface area contributed by atoms with Crippen LogP contribution in [0.3, 0.4) is 0 Å². The number of carbonyl (C=O) groups is 1. The molecule has 15 heavy (non-hydrogen) atoms. The molecule has 0 bridgehead atoms. The van der Waals surface area contributed by atoms with Crippen molar-refractivity contribution in [1.29, 1.82) is 0 Å². The number of amides is 1. The molecule has 1 aromatic carbocycles. The van der Waals surface area contributed by atoms with E-state index in [-0.39, 0.29) is 12.5 Å². The highest BCUT2D eigenvalue weighted by Gasteiger charge is 2.16. The number of rotatable bonds is 2. The van der Waals surface area contributed by atoms with Crippen LogP contribution >= 0.6 is 0 Å². The molecule has 1 aliphatic rings. The fourth-order valence-corrected chi connectivity index (χ4v) is 1.64. The van der Waals surface area contributed by atoms with Crippen LogP contribution in [0.4, 0.5) is 5.69 Å². The molecule has 3 nitrogen and oxygen atoms in total. The van der Waals surface area contributed by atoms with Crippen molar-refractivity contribution in [2.75, 3.05) is 11.9 Å². The van der Waals surface area contributed by atoms with Crippen molar-refractivity contribution in [3.05, 3.63) is 23.8 Å². The van der Waals surface area contributed by atoms with E-state index in [1.165, 1.54) is 5.56 Å². The minimum atomic E-state index is -0.0798. The Balaban J connectivity index is 2.32. The van der Waals surface area contributed by atoms with Crippen molar-refractivity contribution in [2.24, 2.45) is 0 Å². The number of hydrogen-bond donors (Lipinski definition) is 1. The summed E-state index contributed by atoms with van der Waals surface area (Å²) in [6.45, 7) is 4.45. The van der Waals surface area contributed by atoms with Crippen LogP contribution in [0, 0.1) is 0 Å². The van der Waals surface area contributed by atoms with Gasteiger partial charge in [-0.2, -0.15) is 0 Å². The Labute approximate surface area is 89.4 Å². The van der Waals surface area contributed by atoms with Gasteiger partial charge in [0.25, 0.3) is 5.91 Å². The Morgan fingerprint density at radius 1 is 1.53 bits per heavy atom. The second-order valence-corrected chi connectivity index (χ2v) is 3.90. The maximum Gasteiger partial charge on any atom is 0.262 e. The third kappa shape index (κ3) is 1.96. The van der Waals surface area contributed by atoms with E-state index >= 15 is 0 Å². The van der Waals surface area contributed by atoms with Crippen LogP contribution in [0.1, 0.15) is 31.7 Å². The summed E-state index contributed by atoms with van der Waals surface area (Å²) in [5.74, 6) is 1.19. The molecule has 0 saturated carbocycles. The van der Waals surface area contributed by atoms with Gasteiger partial charge in [0.05, 0.1) is 5.69 Å². The zero-order valence-electron chi connectivity index (χ0n) is 9.04. The number of fused-ring (bicyclic) bond motifs is 1. The maximum absolute atomic E-state index is 11.1. The third-order valence-electron chi connectivity index (χ3n) is 2.82. The van der Waals surface area contributed by atoms with Gasteiger partial charge in [-0.15, -0.1) is 0 Å². The third-order valence-corrected chi connectivity index (χ3v) is 2.82. The van der Waals surface area contributed by atoms with Crippen LogP contribution in [0.15, 0.2) is 18.2 Å². The molecule has 1 heterocycles. The minimum Gasteiger partial charge on any atom is -0.482 e. The molecule has 0 aromatic heterocycles. The lowest BCUT2D eigenvalue weighted by Crippen LogP contribution is -2.25. The number of hydrogen-bond acceptors (Lipinski definition) is 2. The van der Waals surface area contributed by atoms with Gasteiger partial charge in [0, 0.05) is 0 Å².